The summed E-state index contributed by atoms with van der Waals surface area (Å²) in [5.41, 5.74) is 6.48. The molecule has 2 N–H and O–H groups in total. The van der Waals surface area contributed by atoms with Crippen LogP contribution in [0.5, 0.6) is 5.88 Å². The Morgan fingerprint density at radius 1 is 1.42 bits per heavy atom. The summed E-state index contributed by atoms with van der Waals surface area (Å²) < 4.78 is 5.47. The van der Waals surface area contributed by atoms with E-state index in [4.69, 9.17) is 10.5 Å². The highest BCUT2D eigenvalue weighted by Crippen LogP contribution is 2.30. The fourth-order valence-corrected chi connectivity index (χ4v) is 2.83. The number of nitrogen functional groups attached to an aromatic ring is 1. The minimum absolute atomic E-state index is 0.552. The van der Waals surface area contributed by atoms with Gasteiger partial charge in [0.2, 0.25) is 5.88 Å². The van der Waals surface area contributed by atoms with E-state index in [0.29, 0.717) is 24.2 Å². The minimum atomic E-state index is 0.552. The quantitative estimate of drug-likeness (QED) is 0.907. The van der Waals surface area contributed by atoms with Crippen molar-refractivity contribution in [3.05, 3.63) is 12.1 Å². The van der Waals surface area contributed by atoms with Crippen molar-refractivity contribution in [1.29, 1.82) is 0 Å². The smallest absolute Gasteiger partial charge is 0.239 e. The minimum Gasteiger partial charge on any atom is -0.476 e. The standard InChI is InChI=1S/C15H25N3O/c1-4-19-15-13(16)8-9-14(17-15)18(3)12-7-5-6-11(2)10-12/h8-9,11-12H,4-7,10,16H2,1-3H3. The Bertz CT molecular complexity index is 422. The van der Waals surface area contributed by atoms with Gasteiger partial charge in [-0.1, -0.05) is 19.8 Å². The molecular formula is C15H25N3O. The lowest BCUT2D eigenvalue weighted by Crippen LogP contribution is -2.36. The lowest BCUT2D eigenvalue weighted by molar-refractivity contribution is 0.324. The van der Waals surface area contributed by atoms with E-state index >= 15 is 0 Å². The fourth-order valence-electron chi connectivity index (χ4n) is 2.83. The van der Waals surface area contributed by atoms with Crippen LogP contribution in [0.25, 0.3) is 0 Å². The molecule has 19 heavy (non-hydrogen) atoms. The van der Waals surface area contributed by atoms with Crippen LogP contribution in [0.1, 0.15) is 39.5 Å². The Balaban J connectivity index is 2.13. The van der Waals surface area contributed by atoms with Gasteiger partial charge in [-0.25, -0.2) is 0 Å². The van der Waals surface area contributed by atoms with Crippen molar-refractivity contribution in [3.8, 4) is 5.88 Å². The van der Waals surface area contributed by atoms with Crippen LogP contribution in [-0.2, 0) is 0 Å². The number of nitrogens with zero attached hydrogens (tertiary/aromatic N) is 2. The molecule has 1 aromatic rings. The Labute approximate surface area is 116 Å². The maximum absolute atomic E-state index is 5.87. The number of pyridine rings is 1. The van der Waals surface area contributed by atoms with Gasteiger partial charge in [0, 0.05) is 13.1 Å². The van der Waals surface area contributed by atoms with Crippen LogP contribution in [0.3, 0.4) is 0 Å². The zero-order chi connectivity index (χ0) is 13.8. The van der Waals surface area contributed by atoms with E-state index in [1.807, 2.05) is 19.1 Å². The maximum Gasteiger partial charge on any atom is 0.239 e. The summed E-state index contributed by atoms with van der Waals surface area (Å²) in [5.74, 6) is 2.31. The highest BCUT2D eigenvalue weighted by atomic mass is 16.5. The van der Waals surface area contributed by atoms with Gasteiger partial charge >= 0.3 is 0 Å². The van der Waals surface area contributed by atoms with Crippen LogP contribution >= 0.6 is 0 Å². The number of ether oxygens (including phenoxy) is 1. The van der Waals surface area contributed by atoms with E-state index in [2.05, 4.69) is 23.9 Å². The molecule has 0 aliphatic heterocycles. The van der Waals surface area contributed by atoms with Crippen molar-refractivity contribution in [3.63, 3.8) is 0 Å². The molecule has 2 atom stereocenters. The van der Waals surface area contributed by atoms with Crippen LogP contribution in [0.2, 0.25) is 0 Å². The normalized spacial score (nSPS) is 23.1. The zero-order valence-corrected chi connectivity index (χ0v) is 12.2. The largest absolute Gasteiger partial charge is 0.476 e. The Morgan fingerprint density at radius 2 is 2.21 bits per heavy atom. The van der Waals surface area contributed by atoms with Crippen LogP contribution in [0, 0.1) is 5.92 Å². The predicted octanol–water partition coefficient (Wildman–Crippen LogP) is 3.08. The molecule has 1 aliphatic rings. The number of rotatable bonds is 4. The van der Waals surface area contributed by atoms with E-state index in [1.54, 1.807) is 0 Å². The summed E-state index contributed by atoms with van der Waals surface area (Å²) in [6.45, 7) is 4.87. The van der Waals surface area contributed by atoms with Gasteiger partial charge in [0.1, 0.15) is 5.82 Å². The Kier molecular flexibility index (Phi) is 4.51. The topological polar surface area (TPSA) is 51.4 Å². The van der Waals surface area contributed by atoms with Gasteiger partial charge in [0.05, 0.1) is 12.3 Å². The SMILES string of the molecule is CCOc1nc(N(C)C2CCCC(C)C2)ccc1N. The van der Waals surface area contributed by atoms with Gasteiger partial charge in [-0.3, -0.25) is 0 Å². The molecule has 0 radical (unpaired) electrons. The number of hydrogen-bond donors (Lipinski definition) is 1. The van der Waals surface area contributed by atoms with E-state index in [0.717, 1.165) is 11.7 Å². The molecular weight excluding hydrogens is 238 g/mol. The molecule has 1 fully saturated rings. The second kappa shape index (κ2) is 6.13. The third-order valence-electron chi connectivity index (χ3n) is 3.97. The van der Waals surface area contributed by atoms with Crippen molar-refractivity contribution in [2.24, 2.45) is 5.92 Å². The van der Waals surface area contributed by atoms with Crippen molar-refractivity contribution >= 4 is 11.5 Å². The molecule has 0 spiro atoms. The van der Waals surface area contributed by atoms with E-state index in [-0.39, 0.29) is 0 Å². The van der Waals surface area contributed by atoms with Crippen LogP contribution < -0.4 is 15.4 Å². The molecule has 0 saturated heterocycles. The second-order valence-corrected chi connectivity index (χ2v) is 5.53. The molecule has 0 aromatic carbocycles. The third kappa shape index (κ3) is 3.31. The van der Waals surface area contributed by atoms with Gasteiger partial charge < -0.3 is 15.4 Å². The monoisotopic (exact) mass is 263 g/mol. The molecule has 106 valence electrons. The summed E-state index contributed by atoms with van der Waals surface area (Å²) in [7, 11) is 2.12. The average molecular weight is 263 g/mol. The van der Waals surface area contributed by atoms with Gasteiger partial charge in [-0.05, 0) is 37.8 Å². The molecule has 2 unspecified atom stereocenters. The molecule has 1 aromatic heterocycles. The first-order valence-electron chi connectivity index (χ1n) is 7.24. The fraction of sp³-hybridized carbons (Fsp3) is 0.667. The highest BCUT2D eigenvalue weighted by Gasteiger charge is 2.23. The average Bonchev–Trinajstić information content (AvgIpc) is 2.41. The van der Waals surface area contributed by atoms with Gasteiger partial charge in [0.15, 0.2) is 0 Å². The first kappa shape index (κ1) is 14.0. The summed E-state index contributed by atoms with van der Waals surface area (Å²) in [6, 6.07) is 4.45. The molecule has 1 saturated carbocycles. The van der Waals surface area contributed by atoms with Crippen molar-refractivity contribution in [1.82, 2.24) is 4.98 Å². The lowest BCUT2D eigenvalue weighted by Gasteiger charge is -2.35. The first-order valence-corrected chi connectivity index (χ1v) is 7.24. The number of nitrogens with two attached hydrogens (primary N) is 1. The summed E-state index contributed by atoms with van der Waals surface area (Å²) in [6.07, 6.45) is 5.15. The molecule has 4 heteroatoms. The molecule has 4 nitrogen and oxygen atoms in total. The number of hydrogen-bond acceptors (Lipinski definition) is 4. The molecule has 0 amide bonds. The van der Waals surface area contributed by atoms with Crippen molar-refractivity contribution in [2.45, 2.75) is 45.6 Å². The van der Waals surface area contributed by atoms with Crippen molar-refractivity contribution in [2.75, 3.05) is 24.3 Å². The second-order valence-electron chi connectivity index (χ2n) is 5.53. The first-order chi connectivity index (χ1) is 9.11. The molecule has 1 heterocycles. The summed E-state index contributed by atoms with van der Waals surface area (Å²) in [5, 5.41) is 0. The van der Waals surface area contributed by atoms with E-state index < -0.39 is 0 Å². The van der Waals surface area contributed by atoms with Gasteiger partial charge in [-0.15, -0.1) is 0 Å². The molecule has 1 aliphatic carbocycles. The predicted molar refractivity (Wildman–Crippen MR) is 79.6 cm³/mol. The highest BCUT2D eigenvalue weighted by molar-refractivity contribution is 5.54. The summed E-state index contributed by atoms with van der Waals surface area (Å²) in [4.78, 5) is 6.82. The number of aromatic nitrogens is 1. The Hall–Kier alpha value is -1.45. The van der Waals surface area contributed by atoms with Crippen LogP contribution in [-0.4, -0.2) is 24.7 Å². The van der Waals surface area contributed by atoms with Gasteiger partial charge in [-0.2, -0.15) is 4.98 Å². The lowest BCUT2D eigenvalue weighted by atomic mass is 9.86. The number of anilines is 2. The van der Waals surface area contributed by atoms with Crippen LogP contribution in [0.4, 0.5) is 11.5 Å². The molecule has 2 rings (SSSR count). The van der Waals surface area contributed by atoms with Gasteiger partial charge in [0.25, 0.3) is 0 Å². The third-order valence-corrected chi connectivity index (χ3v) is 3.97. The van der Waals surface area contributed by atoms with E-state index in [1.165, 1.54) is 25.7 Å². The van der Waals surface area contributed by atoms with Crippen molar-refractivity contribution < 1.29 is 4.74 Å². The Morgan fingerprint density at radius 3 is 2.89 bits per heavy atom. The molecule has 0 bridgehead atoms. The van der Waals surface area contributed by atoms with Crippen LogP contribution in [0.15, 0.2) is 12.1 Å². The summed E-state index contributed by atoms with van der Waals surface area (Å²) >= 11 is 0. The van der Waals surface area contributed by atoms with E-state index in [9.17, 15) is 0 Å². The maximum atomic E-state index is 5.87. The zero-order valence-electron chi connectivity index (χ0n) is 12.2.